The van der Waals surface area contributed by atoms with Crippen LogP contribution in [0.2, 0.25) is 0 Å². The summed E-state index contributed by atoms with van der Waals surface area (Å²) in [4.78, 5) is 37.3. The summed E-state index contributed by atoms with van der Waals surface area (Å²) in [5.74, 6) is -1.68. The van der Waals surface area contributed by atoms with Crippen LogP contribution in [0.4, 0.5) is 9.18 Å². The fourth-order valence-electron chi connectivity index (χ4n) is 2.74. The number of esters is 1. The van der Waals surface area contributed by atoms with Gasteiger partial charge in [-0.15, -0.1) is 11.3 Å². The monoisotopic (exact) mass is 400 g/mol. The second kappa shape index (κ2) is 7.84. The number of alkyl carbamates (subject to hydrolysis) is 1. The predicted molar refractivity (Wildman–Crippen MR) is 97.8 cm³/mol. The first kappa shape index (κ1) is 21.1. The minimum Gasteiger partial charge on any atom is -0.467 e. The zero-order valence-corrected chi connectivity index (χ0v) is 16.9. The van der Waals surface area contributed by atoms with Crippen LogP contribution < -0.4 is 10.6 Å². The van der Waals surface area contributed by atoms with Gasteiger partial charge in [0.15, 0.2) is 0 Å². The number of thiophene rings is 1. The van der Waals surface area contributed by atoms with Crippen molar-refractivity contribution < 1.29 is 28.2 Å². The van der Waals surface area contributed by atoms with Gasteiger partial charge in [0.25, 0.3) is 0 Å². The van der Waals surface area contributed by atoms with E-state index in [1.807, 2.05) is 6.92 Å². The molecule has 0 radical (unpaired) electrons. The van der Waals surface area contributed by atoms with Crippen molar-refractivity contribution >= 4 is 29.3 Å². The first-order chi connectivity index (χ1) is 12.5. The summed E-state index contributed by atoms with van der Waals surface area (Å²) in [5.41, 5.74) is -1.86. The van der Waals surface area contributed by atoms with E-state index in [4.69, 9.17) is 9.47 Å². The number of ether oxygens (including phenoxy) is 2. The topological polar surface area (TPSA) is 93.7 Å². The first-order valence-corrected chi connectivity index (χ1v) is 9.48. The molecule has 1 fully saturated rings. The van der Waals surface area contributed by atoms with Gasteiger partial charge in [-0.25, -0.2) is 14.0 Å². The van der Waals surface area contributed by atoms with Crippen LogP contribution in [0.25, 0.3) is 0 Å². The highest BCUT2D eigenvalue weighted by Crippen LogP contribution is 2.44. The van der Waals surface area contributed by atoms with Crippen LogP contribution in [-0.2, 0) is 25.5 Å². The third-order valence-corrected chi connectivity index (χ3v) is 5.21. The minimum atomic E-state index is -1.10. The van der Waals surface area contributed by atoms with Crippen molar-refractivity contribution in [2.75, 3.05) is 7.11 Å². The van der Waals surface area contributed by atoms with Crippen LogP contribution in [-0.4, -0.2) is 42.3 Å². The van der Waals surface area contributed by atoms with E-state index in [1.165, 1.54) is 13.2 Å². The molecule has 150 valence electrons. The Labute approximate surface area is 161 Å². The van der Waals surface area contributed by atoms with Crippen molar-refractivity contribution in [3.8, 4) is 0 Å². The van der Waals surface area contributed by atoms with Gasteiger partial charge in [0.1, 0.15) is 23.0 Å². The molecule has 2 rings (SSSR count). The van der Waals surface area contributed by atoms with E-state index in [9.17, 15) is 18.8 Å². The maximum Gasteiger partial charge on any atom is 0.408 e. The van der Waals surface area contributed by atoms with Crippen molar-refractivity contribution in [3.05, 3.63) is 22.1 Å². The largest absolute Gasteiger partial charge is 0.467 e. The normalized spacial score (nSPS) is 22.5. The second-order valence-electron chi connectivity index (χ2n) is 7.65. The van der Waals surface area contributed by atoms with Gasteiger partial charge in [-0.3, -0.25) is 4.79 Å². The van der Waals surface area contributed by atoms with Crippen LogP contribution in [0.15, 0.2) is 11.4 Å². The average Bonchev–Trinajstić information content (AvgIpc) is 3.01. The maximum atomic E-state index is 13.8. The smallest absolute Gasteiger partial charge is 0.408 e. The molecule has 1 aromatic heterocycles. The zero-order valence-electron chi connectivity index (χ0n) is 16.1. The lowest BCUT2D eigenvalue weighted by atomic mass is 10.1. The second-order valence-corrected chi connectivity index (χ2v) is 8.65. The summed E-state index contributed by atoms with van der Waals surface area (Å²) in [6, 6.07) is 0.198. The van der Waals surface area contributed by atoms with Gasteiger partial charge in [0.05, 0.1) is 7.11 Å². The van der Waals surface area contributed by atoms with Crippen molar-refractivity contribution in [2.24, 2.45) is 5.92 Å². The first-order valence-electron chi connectivity index (χ1n) is 8.60. The molecule has 3 unspecified atom stereocenters. The summed E-state index contributed by atoms with van der Waals surface area (Å²) in [5, 5.41) is 6.70. The molecule has 2 N–H and O–H groups in total. The molecule has 1 aromatic rings. The lowest BCUT2D eigenvalue weighted by Crippen LogP contribution is -2.55. The standard InChI is InChI=1S/C18H25FN2O5S/c1-10-9-18(10,15(23)25-5)21-14(22)12(8-13-11(19)6-7-27-13)20-16(24)26-17(2,3)4/h6-7,10,12H,8-9H2,1-5H3,(H,20,24)(H,21,22). The van der Waals surface area contributed by atoms with E-state index < -0.39 is 41.0 Å². The number of carbonyl (C=O) groups is 3. The van der Waals surface area contributed by atoms with Gasteiger partial charge >= 0.3 is 12.1 Å². The maximum absolute atomic E-state index is 13.8. The highest BCUT2D eigenvalue weighted by atomic mass is 32.1. The Morgan fingerprint density at radius 2 is 2.04 bits per heavy atom. The quantitative estimate of drug-likeness (QED) is 0.715. The van der Waals surface area contributed by atoms with Crippen LogP contribution in [0.1, 0.15) is 39.0 Å². The third kappa shape index (κ3) is 5.18. The Balaban J connectivity index is 2.15. The molecule has 3 atom stereocenters. The lowest BCUT2D eigenvalue weighted by molar-refractivity contribution is -0.147. The number of nitrogens with one attached hydrogen (secondary N) is 2. The molecule has 0 bridgehead atoms. The molecule has 9 heteroatoms. The Morgan fingerprint density at radius 1 is 1.41 bits per heavy atom. The average molecular weight is 400 g/mol. The molecule has 0 saturated heterocycles. The van der Waals surface area contributed by atoms with E-state index in [2.05, 4.69) is 10.6 Å². The van der Waals surface area contributed by atoms with Crippen molar-refractivity contribution in [1.82, 2.24) is 10.6 Å². The number of rotatable bonds is 6. The number of halogens is 1. The van der Waals surface area contributed by atoms with Crippen LogP contribution in [0.3, 0.4) is 0 Å². The number of amides is 2. The molecule has 7 nitrogen and oxygen atoms in total. The molecular weight excluding hydrogens is 375 g/mol. The van der Waals surface area contributed by atoms with Crippen molar-refractivity contribution in [2.45, 2.75) is 57.7 Å². The predicted octanol–water partition coefficient (Wildman–Crippen LogP) is 2.39. The van der Waals surface area contributed by atoms with E-state index >= 15 is 0 Å². The number of hydrogen-bond acceptors (Lipinski definition) is 6. The molecule has 1 heterocycles. The molecular formula is C18H25FN2O5S. The molecule has 1 aliphatic carbocycles. The number of carbonyl (C=O) groups excluding carboxylic acids is 3. The Hall–Kier alpha value is -2.16. The summed E-state index contributed by atoms with van der Waals surface area (Å²) >= 11 is 1.14. The van der Waals surface area contributed by atoms with E-state index in [-0.39, 0.29) is 12.3 Å². The summed E-state index contributed by atoms with van der Waals surface area (Å²) in [6.07, 6.45) is -0.409. The Morgan fingerprint density at radius 3 is 2.48 bits per heavy atom. The van der Waals surface area contributed by atoms with E-state index in [1.54, 1.807) is 26.2 Å². The third-order valence-electron chi connectivity index (χ3n) is 4.29. The number of hydrogen-bond donors (Lipinski definition) is 2. The molecule has 2 amide bonds. The molecule has 0 spiro atoms. The van der Waals surface area contributed by atoms with Gasteiger partial charge in [0, 0.05) is 11.3 Å². The van der Waals surface area contributed by atoms with Crippen molar-refractivity contribution in [1.29, 1.82) is 0 Å². The van der Waals surface area contributed by atoms with Crippen LogP contribution in [0.5, 0.6) is 0 Å². The summed E-state index contributed by atoms with van der Waals surface area (Å²) in [6.45, 7) is 6.89. The summed E-state index contributed by atoms with van der Waals surface area (Å²) in [7, 11) is 1.25. The van der Waals surface area contributed by atoms with E-state index in [0.717, 1.165) is 11.3 Å². The molecule has 1 saturated carbocycles. The van der Waals surface area contributed by atoms with Gasteiger partial charge in [0.2, 0.25) is 5.91 Å². The van der Waals surface area contributed by atoms with Crippen LogP contribution in [0, 0.1) is 11.7 Å². The SMILES string of the molecule is COC(=O)C1(NC(=O)C(Cc2sccc2F)NC(=O)OC(C)(C)C)CC1C. The van der Waals surface area contributed by atoms with Gasteiger partial charge in [-0.05, 0) is 44.6 Å². The van der Waals surface area contributed by atoms with Gasteiger partial charge in [-0.1, -0.05) is 6.92 Å². The fraction of sp³-hybridized carbons (Fsp3) is 0.611. The van der Waals surface area contributed by atoms with Crippen LogP contribution >= 0.6 is 11.3 Å². The molecule has 27 heavy (non-hydrogen) atoms. The Kier molecular flexibility index (Phi) is 6.14. The lowest BCUT2D eigenvalue weighted by Gasteiger charge is -2.25. The molecule has 0 aromatic carbocycles. The van der Waals surface area contributed by atoms with Gasteiger partial charge in [-0.2, -0.15) is 0 Å². The molecule has 1 aliphatic rings. The minimum absolute atomic E-state index is 0.0553. The van der Waals surface area contributed by atoms with E-state index in [0.29, 0.717) is 11.3 Å². The summed E-state index contributed by atoms with van der Waals surface area (Å²) < 4.78 is 23.8. The highest BCUT2D eigenvalue weighted by molar-refractivity contribution is 7.09. The Bertz CT molecular complexity index is 730. The fourth-order valence-corrected chi connectivity index (χ4v) is 3.53. The number of methoxy groups -OCH3 is 1. The zero-order chi connectivity index (χ0) is 20.4. The van der Waals surface area contributed by atoms with Gasteiger partial charge < -0.3 is 20.1 Å². The van der Waals surface area contributed by atoms with Crippen molar-refractivity contribution in [3.63, 3.8) is 0 Å². The highest BCUT2D eigenvalue weighted by Gasteiger charge is 2.60. The molecule has 0 aliphatic heterocycles.